The van der Waals surface area contributed by atoms with Gasteiger partial charge in [0.25, 0.3) is 0 Å². The Hall–Kier alpha value is -2.76. The Morgan fingerprint density at radius 2 is 1.83 bits per heavy atom. The second-order valence-corrected chi connectivity index (χ2v) is 4.97. The van der Waals surface area contributed by atoms with E-state index in [9.17, 15) is 4.79 Å². The average molecular weight is 327 g/mol. The van der Waals surface area contributed by atoms with Crippen LogP contribution in [0.3, 0.4) is 0 Å². The van der Waals surface area contributed by atoms with Gasteiger partial charge in [-0.2, -0.15) is 0 Å². The fourth-order valence-corrected chi connectivity index (χ4v) is 2.02. The highest BCUT2D eigenvalue weighted by molar-refractivity contribution is 6.10. The third kappa shape index (κ3) is 5.79. The molecule has 0 atom stereocenters. The molecule has 0 unspecified atom stereocenters. The summed E-state index contributed by atoms with van der Waals surface area (Å²) in [5.41, 5.74) is 1.47. The van der Waals surface area contributed by atoms with E-state index in [2.05, 4.69) is 15.1 Å². The van der Waals surface area contributed by atoms with Crippen molar-refractivity contribution >= 4 is 11.7 Å². The highest BCUT2D eigenvalue weighted by Gasteiger charge is 2.10. The molecule has 6 nitrogen and oxygen atoms in total. The molecule has 1 aromatic heterocycles. The first-order chi connectivity index (χ1) is 11.8. The molecule has 1 aromatic carbocycles. The Morgan fingerprint density at radius 3 is 2.54 bits per heavy atom. The molecule has 0 amide bonds. The van der Waals surface area contributed by atoms with Crippen molar-refractivity contribution < 1.29 is 14.4 Å². The van der Waals surface area contributed by atoms with Crippen LogP contribution in [0, 0.1) is 0 Å². The summed E-state index contributed by atoms with van der Waals surface area (Å²) in [4.78, 5) is 25.1. The lowest BCUT2D eigenvalue weighted by molar-refractivity contribution is -0.143. The van der Waals surface area contributed by atoms with E-state index in [1.165, 1.54) is 0 Å². The molecule has 0 radical (unpaired) electrons. The van der Waals surface area contributed by atoms with E-state index in [4.69, 9.17) is 9.57 Å². The predicted molar refractivity (Wildman–Crippen MR) is 90.5 cm³/mol. The van der Waals surface area contributed by atoms with Crippen LogP contribution >= 0.6 is 0 Å². The number of carbonyl (C=O) groups excluding carboxylic acids is 1. The van der Waals surface area contributed by atoms with Gasteiger partial charge in [-0.25, -0.2) is 9.97 Å². The number of carbonyl (C=O) groups is 1. The van der Waals surface area contributed by atoms with Crippen molar-refractivity contribution in [2.45, 2.75) is 26.2 Å². The molecule has 0 aliphatic heterocycles. The van der Waals surface area contributed by atoms with Gasteiger partial charge in [-0.3, -0.25) is 4.79 Å². The van der Waals surface area contributed by atoms with E-state index in [1.54, 1.807) is 25.4 Å². The van der Waals surface area contributed by atoms with Crippen LogP contribution in [0.4, 0.5) is 0 Å². The normalized spacial score (nSPS) is 11.1. The molecule has 126 valence electrons. The minimum Gasteiger partial charge on any atom is -0.466 e. The SMILES string of the molecule is CCOC(=O)CCCCO/N=C(\c1ccccc1)c1ncccn1. The maximum absolute atomic E-state index is 11.2. The predicted octanol–water partition coefficient (Wildman–Crippen LogP) is 2.98. The fraction of sp³-hybridized carbons (Fsp3) is 0.333. The molecule has 24 heavy (non-hydrogen) atoms. The van der Waals surface area contributed by atoms with Gasteiger partial charge in [0.15, 0.2) is 11.5 Å². The first kappa shape index (κ1) is 17.6. The standard InChI is InChI=1S/C18H21N3O3/c1-2-23-16(22)11-6-7-14-24-21-17(15-9-4-3-5-10-15)18-19-12-8-13-20-18/h3-5,8-10,12-13H,2,6-7,11,14H2,1H3/b21-17+. The van der Waals surface area contributed by atoms with Gasteiger partial charge in [-0.15, -0.1) is 0 Å². The van der Waals surface area contributed by atoms with Crippen molar-refractivity contribution in [1.29, 1.82) is 0 Å². The molecule has 0 saturated carbocycles. The van der Waals surface area contributed by atoms with Crippen molar-refractivity contribution in [3.05, 3.63) is 60.2 Å². The maximum Gasteiger partial charge on any atom is 0.305 e. The quantitative estimate of drug-likeness (QED) is 0.306. The third-order valence-electron chi connectivity index (χ3n) is 3.15. The van der Waals surface area contributed by atoms with Crippen molar-refractivity contribution in [2.24, 2.45) is 5.16 Å². The monoisotopic (exact) mass is 327 g/mol. The molecule has 0 N–H and O–H groups in total. The van der Waals surface area contributed by atoms with Crippen LogP contribution in [-0.2, 0) is 14.4 Å². The number of benzene rings is 1. The summed E-state index contributed by atoms with van der Waals surface area (Å²) in [5.74, 6) is 0.332. The molecular weight excluding hydrogens is 306 g/mol. The molecule has 1 heterocycles. The third-order valence-corrected chi connectivity index (χ3v) is 3.15. The molecule has 2 rings (SSSR count). The second kappa shape index (κ2) is 10.1. The highest BCUT2D eigenvalue weighted by Crippen LogP contribution is 2.08. The summed E-state index contributed by atoms with van der Waals surface area (Å²) in [5, 5.41) is 4.19. The van der Waals surface area contributed by atoms with Crippen molar-refractivity contribution in [3.63, 3.8) is 0 Å². The van der Waals surface area contributed by atoms with Gasteiger partial charge in [0.05, 0.1) is 6.61 Å². The zero-order valence-corrected chi connectivity index (χ0v) is 13.7. The number of esters is 1. The minimum absolute atomic E-state index is 0.177. The zero-order chi connectivity index (χ0) is 17.0. The van der Waals surface area contributed by atoms with Crippen LogP contribution in [0.15, 0.2) is 53.9 Å². The van der Waals surface area contributed by atoms with Crippen LogP contribution in [0.25, 0.3) is 0 Å². The van der Waals surface area contributed by atoms with Crippen LogP contribution in [0.1, 0.15) is 37.6 Å². The van der Waals surface area contributed by atoms with Gasteiger partial charge < -0.3 is 9.57 Å². The summed E-state index contributed by atoms with van der Waals surface area (Å²) in [6.07, 6.45) is 5.16. The number of aromatic nitrogens is 2. The summed E-state index contributed by atoms with van der Waals surface area (Å²) >= 11 is 0. The molecule has 0 bridgehead atoms. The molecule has 2 aromatic rings. The van der Waals surface area contributed by atoms with E-state index < -0.39 is 0 Å². The van der Waals surface area contributed by atoms with Crippen LogP contribution in [-0.4, -0.2) is 34.9 Å². The number of hydrogen-bond acceptors (Lipinski definition) is 6. The zero-order valence-electron chi connectivity index (χ0n) is 13.7. The molecular formula is C18H21N3O3. The van der Waals surface area contributed by atoms with Gasteiger partial charge in [0, 0.05) is 24.4 Å². The largest absolute Gasteiger partial charge is 0.466 e. The number of unbranched alkanes of at least 4 members (excludes halogenated alkanes) is 1. The lowest BCUT2D eigenvalue weighted by Crippen LogP contribution is -2.09. The topological polar surface area (TPSA) is 73.7 Å². The first-order valence-electron chi connectivity index (χ1n) is 7.99. The summed E-state index contributed by atoms with van der Waals surface area (Å²) < 4.78 is 4.88. The van der Waals surface area contributed by atoms with Gasteiger partial charge in [-0.05, 0) is 25.8 Å². The molecule has 6 heteroatoms. The lowest BCUT2D eigenvalue weighted by atomic mass is 10.1. The van der Waals surface area contributed by atoms with Crippen molar-refractivity contribution in [3.8, 4) is 0 Å². The average Bonchev–Trinajstić information content (AvgIpc) is 2.63. The van der Waals surface area contributed by atoms with Crippen molar-refractivity contribution in [1.82, 2.24) is 9.97 Å². The maximum atomic E-state index is 11.2. The van der Waals surface area contributed by atoms with Gasteiger partial charge in [-0.1, -0.05) is 35.5 Å². The summed E-state index contributed by atoms with van der Waals surface area (Å²) in [6, 6.07) is 11.4. The lowest BCUT2D eigenvalue weighted by Gasteiger charge is -2.06. The Bertz CT molecular complexity index is 604. The smallest absolute Gasteiger partial charge is 0.305 e. The van der Waals surface area contributed by atoms with E-state index in [1.807, 2.05) is 30.3 Å². The second-order valence-electron chi connectivity index (χ2n) is 4.97. The van der Waals surface area contributed by atoms with Crippen LogP contribution in [0.2, 0.25) is 0 Å². The summed E-state index contributed by atoms with van der Waals surface area (Å²) in [6.45, 7) is 2.63. The highest BCUT2D eigenvalue weighted by atomic mass is 16.6. The number of oxime groups is 1. The van der Waals surface area contributed by atoms with Crippen LogP contribution in [0.5, 0.6) is 0 Å². The Morgan fingerprint density at radius 1 is 1.08 bits per heavy atom. The summed E-state index contributed by atoms with van der Waals surface area (Å²) in [7, 11) is 0. The van der Waals surface area contributed by atoms with E-state index in [0.717, 1.165) is 12.0 Å². The van der Waals surface area contributed by atoms with E-state index >= 15 is 0 Å². The Kier molecular flexibility index (Phi) is 7.40. The van der Waals surface area contributed by atoms with E-state index in [-0.39, 0.29) is 5.97 Å². The minimum atomic E-state index is -0.177. The Labute approximate surface area is 141 Å². The number of hydrogen-bond donors (Lipinski definition) is 0. The van der Waals surface area contributed by atoms with Gasteiger partial charge in [0.1, 0.15) is 6.61 Å². The van der Waals surface area contributed by atoms with Crippen LogP contribution < -0.4 is 0 Å². The molecule has 0 aliphatic carbocycles. The van der Waals surface area contributed by atoms with Crippen molar-refractivity contribution in [2.75, 3.05) is 13.2 Å². The molecule has 0 fully saturated rings. The first-order valence-corrected chi connectivity index (χ1v) is 7.99. The fourth-order valence-electron chi connectivity index (χ4n) is 2.02. The molecule has 0 spiro atoms. The van der Waals surface area contributed by atoms with Gasteiger partial charge >= 0.3 is 5.97 Å². The molecule has 0 saturated heterocycles. The number of rotatable bonds is 9. The van der Waals surface area contributed by atoms with E-state index in [0.29, 0.717) is 37.6 Å². The number of nitrogens with zero attached hydrogens (tertiary/aromatic N) is 3. The molecule has 0 aliphatic rings. The number of ether oxygens (including phenoxy) is 1. The van der Waals surface area contributed by atoms with Gasteiger partial charge in [0.2, 0.25) is 0 Å². The Balaban J connectivity index is 1.91.